The lowest BCUT2D eigenvalue weighted by Gasteiger charge is -2.24. The zero-order valence-electron chi connectivity index (χ0n) is 22.8. The second-order valence-corrected chi connectivity index (χ2v) is 11.3. The number of aliphatic carboxylic acids is 1. The summed E-state index contributed by atoms with van der Waals surface area (Å²) < 4.78 is 0. The molecule has 0 saturated heterocycles. The molecule has 0 aromatic heterocycles. The van der Waals surface area contributed by atoms with Crippen molar-refractivity contribution < 1.29 is 9.90 Å². The highest BCUT2D eigenvalue weighted by Crippen LogP contribution is 2.45. The summed E-state index contributed by atoms with van der Waals surface area (Å²) in [5, 5.41) is 8.65. The van der Waals surface area contributed by atoms with Crippen LogP contribution in [0.25, 0.3) is 0 Å². The minimum atomic E-state index is -0.645. The van der Waals surface area contributed by atoms with Crippen LogP contribution in [0.5, 0.6) is 0 Å². The van der Waals surface area contributed by atoms with E-state index >= 15 is 0 Å². The molecule has 1 aliphatic carbocycles. The number of unbranched alkanes of at least 4 members (excludes halogenated alkanes) is 14. The van der Waals surface area contributed by atoms with Crippen molar-refractivity contribution in [3.05, 3.63) is 0 Å². The molecule has 0 heterocycles. The zero-order chi connectivity index (χ0) is 24.2. The number of nitrogens with zero attached hydrogens (tertiary/aromatic N) is 1. The van der Waals surface area contributed by atoms with E-state index in [-0.39, 0.29) is 0 Å². The Labute approximate surface area is 207 Å². The van der Waals surface area contributed by atoms with E-state index in [9.17, 15) is 4.79 Å². The number of carbonyl (C=O) groups is 1. The van der Waals surface area contributed by atoms with Crippen LogP contribution < -0.4 is 0 Å². The van der Waals surface area contributed by atoms with Crippen molar-refractivity contribution >= 4 is 5.97 Å². The molecule has 1 rings (SSSR count). The third kappa shape index (κ3) is 18.4. The Bertz CT molecular complexity index is 451. The second-order valence-electron chi connectivity index (χ2n) is 11.3. The monoisotopic (exact) mass is 465 g/mol. The molecule has 0 bridgehead atoms. The maximum absolute atomic E-state index is 10.5. The van der Waals surface area contributed by atoms with Gasteiger partial charge in [-0.15, -0.1) is 0 Å². The third-order valence-corrected chi connectivity index (χ3v) is 8.02. The van der Waals surface area contributed by atoms with Crippen molar-refractivity contribution in [2.75, 3.05) is 14.1 Å². The Morgan fingerprint density at radius 1 is 0.697 bits per heavy atom. The van der Waals surface area contributed by atoms with Crippen LogP contribution in [-0.2, 0) is 4.79 Å². The Balaban J connectivity index is 1.81. The number of rotatable bonds is 25. The predicted octanol–water partition coefficient (Wildman–Crippen LogP) is 9.24. The summed E-state index contributed by atoms with van der Waals surface area (Å²) in [6, 6.07) is 0.803. The van der Waals surface area contributed by atoms with Gasteiger partial charge in [-0.1, -0.05) is 122 Å². The summed E-state index contributed by atoms with van der Waals surface area (Å²) in [5.74, 6) is 1.43. The molecule has 1 N–H and O–H groups in total. The summed E-state index contributed by atoms with van der Waals surface area (Å²) in [4.78, 5) is 13.0. The van der Waals surface area contributed by atoms with E-state index < -0.39 is 5.97 Å². The van der Waals surface area contributed by atoms with Crippen molar-refractivity contribution in [3.63, 3.8) is 0 Å². The van der Waals surface area contributed by atoms with Gasteiger partial charge < -0.3 is 10.0 Å². The smallest absolute Gasteiger partial charge is 0.303 e. The molecule has 0 aromatic rings. The summed E-state index contributed by atoms with van der Waals surface area (Å²) in [6.07, 6.45) is 30.5. The number of hydrogen-bond donors (Lipinski definition) is 1. The van der Waals surface area contributed by atoms with Crippen molar-refractivity contribution in [1.82, 2.24) is 4.90 Å². The molecule has 3 heteroatoms. The maximum atomic E-state index is 10.5. The fourth-order valence-electron chi connectivity index (χ4n) is 5.55. The molecule has 0 spiro atoms. The largest absolute Gasteiger partial charge is 0.481 e. The van der Waals surface area contributed by atoms with Crippen LogP contribution in [0.1, 0.15) is 155 Å². The van der Waals surface area contributed by atoms with Gasteiger partial charge in [0.1, 0.15) is 0 Å². The van der Waals surface area contributed by atoms with Crippen molar-refractivity contribution in [2.24, 2.45) is 11.8 Å². The van der Waals surface area contributed by atoms with Crippen molar-refractivity contribution in [3.8, 4) is 0 Å². The van der Waals surface area contributed by atoms with Gasteiger partial charge in [0.2, 0.25) is 0 Å². The first-order valence-electron chi connectivity index (χ1n) is 14.9. The third-order valence-electron chi connectivity index (χ3n) is 8.02. The molecular weight excluding hydrogens is 406 g/mol. The highest BCUT2D eigenvalue weighted by atomic mass is 16.4. The minimum Gasteiger partial charge on any atom is -0.481 e. The van der Waals surface area contributed by atoms with E-state index in [1.54, 1.807) is 0 Å². The van der Waals surface area contributed by atoms with Crippen LogP contribution in [0, 0.1) is 11.8 Å². The number of carboxylic acids is 1. The predicted molar refractivity (Wildman–Crippen MR) is 144 cm³/mol. The molecule has 1 fully saturated rings. The highest BCUT2D eigenvalue weighted by molar-refractivity contribution is 5.66. The van der Waals surface area contributed by atoms with E-state index in [2.05, 4.69) is 25.9 Å². The molecule has 0 aromatic carbocycles. The van der Waals surface area contributed by atoms with Crippen LogP contribution >= 0.6 is 0 Å². The van der Waals surface area contributed by atoms with E-state index in [1.807, 2.05) is 0 Å². The topological polar surface area (TPSA) is 40.5 Å². The van der Waals surface area contributed by atoms with E-state index in [0.29, 0.717) is 6.42 Å². The van der Waals surface area contributed by atoms with Crippen molar-refractivity contribution in [2.45, 2.75) is 161 Å². The first-order chi connectivity index (χ1) is 16.0. The lowest BCUT2D eigenvalue weighted by molar-refractivity contribution is -0.137. The van der Waals surface area contributed by atoms with E-state index in [0.717, 1.165) is 30.7 Å². The molecule has 0 radical (unpaired) electrons. The first kappa shape index (κ1) is 30.5. The standard InChI is InChI=1S/C30H59NO2/c1-4-5-6-18-23-29(31(2)3)24-19-14-10-8-7-9-12-16-21-27-26-28(27)22-17-13-11-15-20-25-30(32)33/h27-29H,4-26H2,1-3H3,(H,32,33). The Morgan fingerprint density at radius 3 is 1.58 bits per heavy atom. The molecule has 196 valence electrons. The molecule has 33 heavy (non-hydrogen) atoms. The zero-order valence-corrected chi connectivity index (χ0v) is 22.8. The van der Waals surface area contributed by atoms with Crippen LogP contribution in [0.3, 0.4) is 0 Å². The molecule has 3 nitrogen and oxygen atoms in total. The maximum Gasteiger partial charge on any atom is 0.303 e. The van der Waals surface area contributed by atoms with Crippen molar-refractivity contribution in [1.29, 1.82) is 0 Å². The first-order valence-corrected chi connectivity index (χ1v) is 14.9. The molecule has 0 amide bonds. The van der Waals surface area contributed by atoms with Gasteiger partial charge in [0, 0.05) is 12.5 Å². The molecule has 3 unspecified atom stereocenters. The van der Waals surface area contributed by atoms with Crippen LogP contribution in [0.4, 0.5) is 0 Å². The summed E-state index contributed by atoms with van der Waals surface area (Å²) in [6.45, 7) is 2.30. The Kier molecular flexibility index (Phi) is 19.2. The van der Waals surface area contributed by atoms with Gasteiger partial charge in [-0.25, -0.2) is 0 Å². The average Bonchev–Trinajstić information content (AvgIpc) is 3.53. The normalized spacial score (nSPS) is 18.7. The second kappa shape index (κ2) is 20.8. The molecular formula is C30H59NO2. The van der Waals surface area contributed by atoms with E-state index in [1.165, 1.54) is 128 Å². The average molecular weight is 466 g/mol. The summed E-state index contributed by atoms with van der Waals surface area (Å²) in [7, 11) is 4.53. The quantitative estimate of drug-likeness (QED) is 0.137. The molecule has 1 aliphatic rings. The fourth-order valence-corrected chi connectivity index (χ4v) is 5.55. The SMILES string of the molecule is CCCCCCC(CCCCCCCCCCC1CC1CCCCCCCC(=O)O)N(C)C. The van der Waals surface area contributed by atoms with Gasteiger partial charge in [-0.3, -0.25) is 4.79 Å². The van der Waals surface area contributed by atoms with Gasteiger partial charge >= 0.3 is 5.97 Å². The van der Waals surface area contributed by atoms with E-state index in [4.69, 9.17) is 5.11 Å². The molecule has 3 atom stereocenters. The lowest BCUT2D eigenvalue weighted by Crippen LogP contribution is -2.27. The van der Waals surface area contributed by atoms with Gasteiger partial charge in [0.05, 0.1) is 0 Å². The minimum absolute atomic E-state index is 0.348. The van der Waals surface area contributed by atoms with Crippen LogP contribution in [-0.4, -0.2) is 36.1 Å². The Morgan fingerprint density at radius 2 is 1.12 bits per heavy atom. The molecule has 1 saturated carbocycles. The van der Waals surface area contributed by atoms with Crippen LogP contribution in [0.15, 0.2) is 0 Å². The van der Waals surface area contributed by atoms with Gasteiger partial charge in [-0.05, 0) is 51.6 Å². The van der Waals surface area contributed by atoms with Gasteiger partial charge in [0.25, 0.3) is 0 Å². The Hall–Kier alpha value is -0.570. The number of carboxylic acid groups (broad SMARTS) is 1. The summed E-state index contributed by atoms with van der Waals surface area (Å²) in [5.41, 5.74) is 0. The fraction of sp³-hybridized carbons (Fsp3) is 0.967. The lowest BCUT2D eigenvalue weighted by atomic mass is 9.99. The van der Waals surface area contributed by atoms with Crippen LogP contribution in [0.2, 0.25) is 0 Å². The highest BCUT2D eigenvalue weighted by Gasteiger charge is 2.34. The number of hydrogen-bond acceptors (Lipinski definition) is 2. The summed E-state index contributed by atoms with van der Waals surface area (Å²) >= 11 is 0. The van der Waals surface area contributed by atoms with Gasteiger partial charge in [0.15, 0.2) is 0 Å². The van der Waals surface area contributed by atoms with Gasteiger partial charge in [-0.2, -0.15) is 0 Å². The molecule has 0 aliphatic heterocycles.